The Morgan fingerprint density at radius 1 is 0.500 bits per heavy atom. The Kier molecular flexibility index (Phi) is 35.5. The minimum absolute atomic E-state index is 0.0871. The van der Waals surface area contributed by atoms with E-state index in [-0.39, 0.29) is 12.8 Å². The molecular weight excluding hydrogens is 815 g/mol. The minimum atomic E-state index is -5.13. The molecule has 0 aliphatic heterocycles. The van der Waals surface area contributed by atoms with Crippen LogP contribution in [0.3, 0.4) is 0 Å². The summed E-state index contributed by atoms with van der Waals surface area (Å²) in [4.78, 5) is 35.7. The highest BCUT2D eigenvalue weighted by atomic mass is 31.2. The number of aliphatic hydroxyl groups is 5. The molecule has 0 spiro atoms. The van der Waals surface area contributed by atoms with E-state index in [2.05, 4.69) is 50.3 Å². The maximum atomic E-state index is 12.8. The Balaban J connectivity index is 2.48. The molecule has 62 heavy (non-hydrogen) atoms. The van der Waals surface area contributed by atoms with Gasteiger partial charge >= 0.3 is 19.8 Å². The summed E-state index contributed by atoms with van der Waals surface area (Å²) in [6.07, 6.45) is 31.7. The van der Waals surface area contributed by atoms with Crippen LogP contribution in [0.4, 0.5) is 0 Å². The molecule has 6 unspecified atom stereocenters. The van der Waals surface area contributed by atoms with Crippen molar-refractivity contribution in [3.63, 3.8) is 0 Å². The molecule has 1 saturated carbocycles. The second-order valence-corrected chi connectivity index (χ2v) is 18.0. The van der Waals surface area contributed by atoms with Crippen LogP contribution in [-0.4, -0.2) is 98.3 Å². The second-order valence-electron chi connectivity index (χ2n) is 16.6. The second kappa shape index (κ2) is 38.1. The number of hydrogen-bond acceptors (Lipinski definition) is 12. The molecule has 1 aliphatic rings. The molecule has 6 N–H and O–H groups in total. The summed E-state index contributed by atoms with van der Waals surface area (Å²) in [5.74, 6) is -1.16. The average Bonchev–Trinajstić information content (AvgIpc) is 3.25. The fraction of sp³-hybridized carbons (Fsp3) is 0.792. The normalized spacial score (nSPS) is 22.3. The zero-order chi connectivity index (χ0) is 45.7. The van der Waals surface area contributed by atoms with Crippen LogP contribution in [0, 0.1) is 0 Å². The summed E-state index contributed by atoms with van der Waals surface area (Å²) in [7, 11) is -5.13. The number of hydrogen-bond donors (Lipinski definition) is 6. The zero-order valence-corrected chi connectivity index (χ0v) is 39.0. The molecular formula is C48H85O13P. The molecule has 1 aliphatic carbocycles. The van der Waals surface area contributed by atoms with E-state index in [0.717, 1.165) is 51.4 Å². The summed E-state index contributed by atoms with van der Waals surface area (Å²) in [5.41, 5.74) is 0. The van der Waals surface area contributed by atoms with Crippen LogP contribution >= 0.6 is 7.82 Å². The van der Waals surface area contributed by atoms with Crippen molar-refractivity contribution in [3.8, 4) is 0 Å². The SMILES string of the molecule is CCCCC/C=C/C/C=C/C/C=C/C/C=C/CCCC(=O)OC[C@@H](COP(=O)(O)OC1C(O)C(O)C(O)[C@H](O)C1O)OC(=O)CCCCCCCCCCCCCCCCCC. The van der Waals surface area contributed by atoms with Crippen LogP contribution < -0.4 is 0 Å². The number of carbonyl (C=O) groups is 2. The lowest BCUT2D eigenvalue weighted by atomic mass is 9.85. The molecule has 0 heterocycles. The van der Waals surface area contributed by atoms with Crippen molar-refractivity contribution < 1.29 is 63.1 Å². The van der Waals surface area contributed by atoms with Gasteiger partial charge in [-0.3, -0.25) is 18.6 Å². The van der Waals surface area contributed by atoms with Crippen LogP contribution in [-0.2, 0) is 32.7 Å². The van der Waals surface area contributed by atoms with E-state index < -0.39 is 75.7 Å². The molecule has 8 atom stereocenters. The number of unbranched alkanes of at least 4 members (excludes halogenated alkanes) is 19. The highest BCUT2D eigenvalue weighted by Crippen LogP contribution is 2.47. The van der Waals surface area contributed by atoms with Gasteiger partial charge in [0.2, 0.25) is 0 Å². The Morgan fingerprint density at radius 2 is 0.887 bits per heavy atom. The van der Waals surface area contributed by atoms with Gasteiger partial charge in [-0.05, 0) is 51.4 Å². The zero-order valence-electron chi connectivity index (χ0n) is 38.2. The number of allylic oxidation sites excluding steroid dienone is 8. The summed E-state index contributed by atoms with van der Waals surface area (Å²) < 4.78 is 33.5. The highest BCUT2D eigenvalue weighted by Gasteiger charge is 2.51. The number of aliphatic hydroxyl groups excluding tert-OH is 5. The lowest BCUT2D eigenvalue weighted by Gasteiger charge is -2.41. The predicted molar refractivity (Wildman–Crippen MR) is 244 cm³/mol. The molecule has 0 radical (unpaired) electrons. The lowest BCUT2D eigenvalue weighted by Crippen LogP contribution is -2.64. The first-order valence-electron chi connectivity index (χ1n) is 23.9. The number of rotatable bonds is 39. The van der Waals surface area contributed by atoms with Crippen LogP contribution in [0.25, 0.3) is 0 Å². The molecule has 0 aromatic rings. The smallest absolute Gasteiger partial charge is 0.462 e. The maximum absolute atomic E-state index is 12.8. The Morgan fingerprint density at radius 3 is 1.37 bits per heavy atom. The summed E-state index contributed by atoms with van der Waals surface area (Å²) >= 11 is 0. The van der Waals surface area contributed by atoms with Gasteiger partial charge in [-0.15, -0.1) is 0 Å². The van der Waals surface area contributed by atoms with Crippen molar-refractivity contribution in [2.75, 3.05) is 13.2 Å². The van der Waals surface area contributed by atoms with Gasteiger partial charge in [-0.2, -0.15) is 0 Å². The molecule has 0 bridgehead atoms. The van der Waals surface area contributed by atoms with Gasteiger partial charge in [0, 0.05) is 12.8 Å². The van der Waals surface area contributed by atoms with Crippen molar-refractivity contribution in [1.82, 2.24) is 0 Å². The first-order chi connectivity index (χ1) is 29.9. The molecule has 0 saturated heterocycles. The van der Waals surface area contributed by atoms with Crippen molar-refractivity contribution in [3.05, 3.63) is 48.6 Å². The average molecular weight is 901 g/mol. The molecule has 1 fully saturated rings. The summed E-state index contributed by atoms with van der Waals surface area (Å²) in [6, 6.07) is 0. The predicted octanol–water partition coefficient (Wildman–Crippen LogP) is 9.56. The number of esters is 2. The van der Waals surface area contributed by atoms with E-state index in [0.29, 0.717) is 19.3 Å². The van der Waals surface area contributed by atoms with Crippen LogP contribution in [0.5, 0.6) is 0 Å². The largest absolute Gasteiger partial charge is 0.472 e. The first-order valence-corrected chi connectivity index (χ1v) is 25.4. The van der Waals surface area contributed by atoms with Crippen molar-refractivity contribution in [2.24, 2.45) is 0 Å². The van der Waals surface area contributed by atoms with Gasteiger partial charge in [0.15, 0.2) is 6.10 Å². The minimum Gasteiger partial charge on any atom is -0.462 e. The number of ether oxygens (including phenoxy) is 2. The lowest BCUT2D eigenvalue weighted by molar-refractivity contribution is -0.220. The fourth-order valence-electron chi connectivity index (χ4n) is 7.04. The third-order valence-electron chi connectivity index (χ3n) is 10.9. The van der Waals surface area contributed by atoms with Crippen molar-refractivity contribution in [2.45, 2.75) is 230 Å². The van der Waals surface area contributed by atoms with Crippen molar-refractivity contribution in [1.29, 1.82) is 0 Å². The Hall–Kier alpha value is -2.19. The molecule has 1 rings (SSSR count). The molecule has 360 valence electrons. The van der Waals surface area contributed by atoms with Crippen LogP contribution in [0.2, 0.25) is 0 Å². The van der Waals surface area contributed by atoms with Gasteiger partial charge in [0.1, 0.15) is 43.2 Å². The number of carbonyl (C=O) groups excluding carboxylic acids is 2. The van der Waals surface area contributed by atoms with E-state index >= 15 is 0 Å². The van der Waals surface area contributed by atoms with Gasteiger partial charge in [-0.25, -0.2) is 4.57 Å². The van der Waals surface area contributed by atoms with Gasteiger partial charge < -0.3 is 39.9 Å². The first kappa shape index (κ1) is 57.8. The van der Waals surface area contributed by atoms with E-state index in [4.69, 9.17) is 18.5 Å². The third kappa shape index (κ3) is 30.0. The van der Waals surface area contributed by atoms with E-state index in [1.54, 1.807) is 0 Å². The van der Waals surface area contributed by atoms with Gasteiger partial charge in [0.25, 0.3) is 0 Å². The topological polar surface area (TPSA) is 210 Å². The molecule has 14 heteroatoms. The molecule has 13 nitrogen and oxygen atoms in total. The monoisotopic (exact) mass is 901 g/mol. The van der Waals surface area contributed by atoms with E-state index in [1.807, 2.05) is 12.2 Å². The van der Waals surface area contributed by atoms with Crippen LogP contribution in [0.1, 0.15) is 187 Å². The third-order valence-corrected chi connectivity index (χ3v) is 11.9. The van der Waals surface area contributed by atoms with Crippen LogP contribution in [0.15, 0.2) is 48.6 Å². The number of phosphoric ester groups is 1. The Labute approximate surface area is 373 Å². The van der Waals surface area contributed by atoms with Gasteiger partial charge in [-0.1, -0.05) is 172 Å². The molecule has 0 amide bonds. The van der Waals surface area contributed by atoms with Crippen molar-refractivity contribution >= 4 is 19.8 Å². The quantitative estimate of drug-likeness (QED) is 0.0147. The van der Waals surface area contributed by atoms with Gasteiger partial charge in [0.05, 0.1) is 6.61 Å². The van der Waals surface area contributed by atoms with E-state index in [9.17, 15) is 44.6 Å². The fourth-order valence-corrected chi connectivity index (χ4v) is 8.02. The maximum Gasteiger partial charge on any atom is 0.472 e. The van der Waals surface area contributed by atoms with E-state index in [1.165, 1.54) is 89.9 Å². The Bertz CT molecular complexity index is 1270. The molecule has 0 aromatic heterocycles. The number of phosphoric acid groups is 1. The summed E-state index contributed by atoms with van der Waals surface area (Å²) in [5, 5.41) is 50.2. The highest BCUT2D eigenvalue weighted by molar-refractivity contribution is 7.47. The standard InChI is InChI=1S/C48H85O13P/c1-3-5-7-9-11-13-15-17-19-21-23-24-26-28-30-32-34-36-41(49)58-38-40(39-59-62(56,57)61-48-46(54)44(52)43(51)45(53)47(48)55)60-42(50)37-35-33-31-29-27-25-22-20-18-16-14-12-10-8-6-4-2/h11,13,17,19,23-24,28,30,40,43-48,51-55H,3-10,12,14-16,18,20-22,25-27,29,31-39H2,1-2H3,(H,56,57)/b13-11+,19-17+,24-23+,30-28+/t40-,43?,44-,45?,46?,47?,48?/m0/s1. The summed E-state index contributed by atoms with van der Waals surface area (Å²) in [6.45, 7) is 3.23. The molecule has 0 aromatic carbocycles.